The van der Waals surface area contributed by atoms with E-state index in [1.807, 2.05) is 13.8 Å². The Morgan fingerprint density at radius 2 is 1.90 bits per heavy atom. The molecular weight excluding hydrogens is 411 g/mol. The fourth-order valence-electron chi connectivity index (χ4n) is 3.06. The third-order valence-electron chi connectivity index (χ3n) is 4.55. The first-order chi connectivity index (χ1) is 14.6. The molecule has 2 amide bonds. The van der Waals surface area contributed by atoms with E-state index in [2.05, 4.69) is 15.4 Å². The van der Waals surface area contributed by atoms with Crippen LogP contribution in [0.3, 0.4) is 0 Å². The molecule has 0 spiro atoms. The van der Waals surface area contributed by atoms with Crippen molar-refractivity contribution in [1.29, 1.82) is 0 Å². The number of hydrogen-bond acceptors (Lipinski definition) is 4. The monoisotopic (exact) mass is 431 g/mol. The molecule has 0 unspecified atom stereocenters. The van der Waals surface area contributed by atoms with E-state index in [0.717, 1.165) is 12.3 Å². The predicted molar refractivity (Wildman–Crippen MR) is 107 cm³/mol. The van der Waals surface area contributed by atoms with Crippen molar-refractivity contribution in [1.82, 2.24) is 20.1 Å². The number of benzene rings is 1. The summed E-state index contributed by atoms with van der Waals surface area (Å²) in [6.07, 6.45) is -2.41. The smallest absolute Gasteiger partial charge is 0.366 e. The second-order valence-corrected chi connectivity index (χ2v) is 7.16. The minimum absolute atomic E-state index is 0.154. The third-order valence-corrected chi connectivity index (χ3v) is 4.55. The van der Waals surface area contributed by atoms with Crippen LogP contribution in [0.15, 0.2) is 48.8 Å². The Kier molecular flexibility index (Phi) is 6.09. The van der Waals surface area contributed by atoms with E-state index in [1.54, 1.807) is 24.3 Å². The second kappa shape index (κ2) is 8.58. The first-order valence-corrected chi connectivity index (χ1v) is 9.36. The number of rotatable bonds is 6. The van der Waals surface area contributed by atoms with Gasteiger partial charge in [0.25, 0.3) is 5.91 Å². The molecule has 10 heteroatoms. The number of nitrogens with one attached hydrogen (secondary N) is 1. The van der Waals surface area contributed by atoms with Crippen LogP contribution in [-0.4, -0.2) is 26.6 Å². The average Bonchev–Trinajstić information content (AvgIpc) is 3.17. The van der Waals surface area contributed by atoms with Crippen LogP contribution in [0.2, 0.25) is 0 Å². The number of amides is 2. The lowest BCUT2D eigenvalue weighted by Gasteiger charge is -2.13. The van der Waals surface area contributed by atoms with Gasteiger partial charge < -0.3 is 11.1 Å². The summed E-state index contributed by atoms with van der Waals surface area (Å²) in [6.45, 7) is 3.83. The van der Waals surface area contributed by atoms with Crippen molar-refractivity contribution in [2.75, 3.05) is 0 Å². The molecule has 3 N–H and O–H groups in total. The first-order valence-electron chi connectivity index (χ1n) is 9.36. The Bertz CT molecular complexity index is 1100. The Labute approximate surface area is 176 Å². The van der Waals surface area contributed by atoms with Crippen LogP contribution < -0.4 is 11.1 Å². The zero-order valence-corrected chi connectivity index (χ0v) is 16.8. The van der Waals surface area contributed by atoms with Gasteiger partial charge in [0.2, 0.25) is 5.91 Å². The van der Waals surface area contributed by atoms with Crippen molar-refractivity contribution in [3.8, 4) is 5.82 Å². The second-order valence-electron chi connectivity index (χ2n) is 7.16. The lowest BCUT2D eigenvalue weighted by atomic mass is 10.0. The molecule has 1 aromatic carbocycles. The largest absolute Gasteiger partial charge is 0.417 e. The lowest BCUT2D eigenvalue weighted by molar-refractivity contribution is -0.137. The van der Waals surface area contributed by atoms with Gasteiger partial charge in [-0.3, -0.25) is 9.59 Å². The van der Waals surface area contributed by atoms with E-state index in [1.165, 1.54) is 16.9 Å². The molecule has 7 nitrogen and oxygen atoms in total. The van der Waals surface area contributed by atoms with Crippen LogP contribution in [0.4, 0.5) is 13.2 Å². The molecule has 162 valence electrons. The quantitative estimate of drug-likeness (QED) is 0.624. The molecule has 3 aromatic rings. The zero-order valence-electron chi connectivity index (χ0n) is 16.8. The SMILES string of the molecule is CC(C)c1c(C(=O)NCc2cccc(C(N)=O)c2)cnn1-c1ccc(C(F)(F)F)cn1. The van der Waals surface area contributed by atoms with Crippen LogP contribution in [0.1, 0.15) is 57.3 Å². The molecule has 0 fully saturated rings. The van der Waals surface area contributed by atoms with Gasteiger partial charge in [0.1, 0.15) is 0 Å². The molecule has 0 saturated heterocycles. The summed E-state index contributed by atoms with van der Waals surface area (Å²) >= 11 is 0. The van der Waals surface area contributed by atoms with Crippen LogP contribution in [0, 0.1) is 0 Å². The zero-order chi connectivity index (χ0) is 22.8. The summed E-state index contributed by atoms with van der Waals surface area (Å²) in [5.41, 5.74) is 6.21. The van der Waals surface area contributed by atoms with Gasteiger partial charge in [-0.05, 0) is 35.7 Å². The Balaban J connectivity index is 1.84. The van der Waals surface area contributed by atoms with E-state index in [-0.39, 0.29) is 23.8 Å². The van der Waals surface area contributed by atoms with Crippen molar-refractivity contribution in [2.24, 2.45) is 5.73 Å². The molecule has 3 rings (SSSR count). The molecule has 0 aliphatic carbocycles. The summed E-state index contributed by atoms with van der Waals surface area (Å²) in [5.74, 6) is -0.970. The number of primary amides is 1. The summed E-state index contributed by atoms with van der Waals surface area (Å²) in [6, 6.07) is 8.69. The van der Waals surface area contributed by atoms with Gasteiger partial charge in [-0.1, -0.05) is 26.0 Å². The van der Waals surface area contributed by atoms with Crippen LogP contribution in [-0.2, 0) is 12.7 Å². The molecule has 0 aliphatic rings. The minimum Gasteiger partial charge on any atom is -0.366 e. The van der Waals surface area contributed by atoms with Crippen LogP contribution >= 0.6 is 0 Å². The molecule has 0 radical (unpaired) electrons. The Morgan fingerprint density at radius 1 is 1.16 bits per heavy atom. The number of aromatic nitrogens is 3. The van der Waals surface area contributed by atoms with Crippen molar-refractivity contribution in [2.45, 2.75) is 32.5 Å². The summed E-state index contributed by atoms with van der Waals surface area (Å²) in [4.78, 5) is 27.9. The number of alkyl halides is 3. The van der Waals surface area contributed by atoms with Gasteiger partial charge in [-0.25, -0.2) is 9.67 Å². The van der Waals surface area contributed by atoms with E-state index in [9.17, 15) is 22.8 Å². The molecule has 2 aromatic heterocycles. The number of nitrogens with zero attached hydrogens (tertiary/aromatic N) is 3. The highest BCUT2D eigenvalue weighted by Crippen LogP contribution is 2.29. The molecular formula is C21H20F3N5O2. The first kappa shape index (κ1) is 22.0. The van der Waals surface area contributed by atoms with E-state index in [4.69, 9.17) is 5.73 Å². The fourth-order valence-corrected chi connectivity index (χ4v) is 3.06. The highest BCUT2D eigenvalue weighted by molar-refractivity contribution is 5.95. The highest BCUT2D eigenvalue weighted by Gasteiger charge is 2.31. The van der Waals surface area contributed by atoms with Crippen LogP contribution in [0.25, 0.3) is 5.82 Å². The third kappa shape index (κ3) is 4.90. The van der Waals surface area contributed by atoms with E-state index in [0.29, 0.717) is 16.8 Å². The summed E-state index contributed by atoms with van der Waals surface area (Å²) < 4.78 is 39.7. The molecule has 0 bridgehead atoms. The number of nitrogens with two attached hydrogens (primary N) is 1. The van der Waals surface area contributed by atoms with Crippen molar-refractivity contribution < 1.29 is 22.8 Å². The molecule has 2 heterocycles. The lowest BCUT2D eigenvalue weighted by Crippen LogP contribution is -2.24. The highest BCUT2D eigenvalue weighted by atomic mass is 19.4. The van der Waals surface area contributed by atoms with Gasteiger partial charge in [-0.15, -0.1) is 0 Å². The van der Waals surface area contributed by atoms with Gasteiger partial charge in [0, 0.05) is 18.3 Å². The van der Waals surface area contributed by atoms with E-state index < -0.39 is 23.6 Å². The number of pyridine rings is 1. The number of carbonyl (C=O) groups is 2. The number of hydrogen-bond donors (Lipinski definition) is 2. The maximum absolute atomic E-state index is 12.8. The summed E-state index contributed by atoms with van der Waals surface area (Å²) in [5, 5.41) is 6.92. The minimum atomic E-state index is -4.49. The molecule has 0 atom stereocenters. The standard InChI is InChI=1S/C21H20F3N5O2/c1-12(2)18-16(20(31)27-9-13-4-3-5-14(8-13)19(25)30)11-28-29(18)17-7-6-15(10-26-17)21(22,23)24/h3-8,10-12H,9H2,1-2H3,(H2,25,30)(H,27,31). The molecule has 0 aliphatic heterocycles. The van der Waals surface area contributed by atoms with E-state index >= 15 is 0 Å². The Hall–Kier alpha value is -3.69. The van der Waals surface area contributed by atoms with Gasteiger partial charge >= 0.3 is 6.18 Å². The van der Waals surface area contributed by atoms with Crippen molar-refractivity contribution in [3.05, 3.63) is 76.7 Å². The van der Waals surface area contributed by atoms with Gasteiger partial charge in [0.05, 0.1) is 23.0 Å². The van der Waals surface area contributed by atoms with Crippen LogP contribution in [0.5, 0.6) is 0 Å². The summed E-state index contributed by atoms with van der Waals surface area (Å²) in [7, 11) is 0. The Morgan fingerprint density at radius 3 is 2.48 bits per heavy atom. The molecule has 0 saturated carbocycles. The maximum Gasteiger partial charge on any atom is 0.417 e. The normalized spacial score (nSPS) is 11.5. The average molecular weight is 431 g/mol. The number of halogens is 3. The topological polar surface area (TPSA) is 103 Å². The number of carbonyl (C=O) groups excluding carboxylic acids is 2. The predicted octanol–water partition coefficient (Wildman–Crippen LogP) is 3.44. The van der Waals surface area contributed by atoms with Gasteiger partial charge in [0.15, 0.2) is 5.82 Å². The van der Waals surface area contributed by atoms with Crippen molar-refractivity contribution in [3.63, 3.8) is 0 Å². The van der Waals surface area contributed by atoms with Gasteiger partial charge in [-0.2, -0.15) is 18.3 Å². The maximum atomic E-state index is 12.8. The van der Waals surface area contributed by atoms with Crippen molar-refractivity contribution >= 4 is 11.8 Å². The fraction of sp³-hybridized carbons (Fsp3) is 0.238. The molecule has 31 heavy (non-hydrogen) atoms.